The maximum absolute atomic E-state index is 13.0. The molecule has 592 valence electrons. The molecule has 0 N–H and O–H groups in total. The summed E-state index contributed by atoms with van der Waals surface area (Å²) in [6, 6.07) is 0. The van der Waals surface area contributed by atoms with Gasteiger partial charge in [-0.25, -0.2) is 35.1 Å². The van der Waals surface area contributed by atoms with Gasteiger partial charge in [0.15, 0.2) is 5.67 Å². The number of ether oxygens (including phenoxy) is 2. The van der Waals surface area contributed by atoms with Crippen LogP contribution in [0.15, 0.2) is 0 Å². The maximum atomic E-state index is 13.0. The Kier molecular flexibility index (Phi) is 43.3. The van der Waals surface area contributed by atoms with E-state index in [9.17, 15) is 57.5 Å². The van der Waals surface area contributed by atoms with E-state index in [1.165, 1.54) is 70.6 Å². The highest BCUT2D eigenvalue weighted by Crippen LogP contribution is 2.65. The lowest BCUT2D eigenvalue weighted by Gasteiger charge is -2.34. The molecule has 0 bridgehead atoms. The number of carbonyl (C=O) groups is 1. The van der Waals surface area contributed by atoms with Gasteiger partial charge in [-0.1, -0.05) is 198 Å². The average molecular weight is 1440 g/mol. The number of hydrogen-bond donors (Lipinski definition) is 0. The van der Waals surface area contributed by atoms with Crippen molar-refractivity contribution in [1.82, 2.24) is 0 Å². The largest absolute Gasteiger partial charge is 0.381 e. The first-order valence-electron chi connectivity index (χ1n) is 40.2. The minimum absolute atomic E-state index is 0.0972. The zero-order valence-corrected chi connectivity index (χ0v) is 67.6. The average Bonchev–Trinajstić information content (AvgIpc) is 1.54. The molecule has 0 amide bonds. The highest BCUT2D eigenvalue weighted by molar-refractivity contribution is 5.84. The summed E-state index contributed by atoms with van der Waals surface area (Å²) in [6.07, 6.45) is 23.9. The van der Waals surface area contributed by atoms with Crippen LogP contribution in [0, 0.1) is 124 Å². The van der Waals surface area contributed by atoms with Crippen molar-refractivity contribution in [2.45, 2.75) is 380 Å². The summed E-state index contributed by atoms with van der Waals surface area (Å²) in [4.78, 5) is 10.5. The molecule has 99 heavy (non-hydrogen) atoms. The molecular formula is C84H154F12O3. The smallest absolute Gasteiger partial charge is 0.319 e. The van der Waals surface area contributed by atoms with E-state index in [1.54, 1.807) is 27.7 Å². The van der Waals surface area contributed by atoms with Crippen LogP contribution in [-0.4, -0.2) is 85.5 Å². The third kappa shape index (κ3) is 43.2. The lowest BCUT2D eigenvalue weighted by atomic mass is 9.79. The van der Waals surface area contributed by atoms with Gasteiger partial charge in [0, 0.05) is 36.5 Å². The Morgan fingerprint density at radius 2 is 0.818 bits per heavy atom. The second-order valence-electron chi connectivity index (χ2n) is 37.5. The zero-order chi connectivity index (χ0) is 76.4. The fraction of sp³-hybridized carbons (Fsp3) is 0.988. The van der Waals surface area contributed by atoms with Crippen molar-refractivity contribution in [3.63, 3.8) is 0 Å². The van der Waals surface area contributed by atoms with Crippen molar-refractivity contribution in [3.05, 3.63) is 0 Å². The van der Waals surface area contributed by atoms with Gasteiger partial charge >= 0.3 is 11.8 Å². The number of alkyl halides is 12. The van der Waals surface area contributed by atoms with Gasteiger partial charge < -0.3 is 9.47 Å². The van der Waals surface area contributed by atoms with Crippen LogP contribution in [0.25, 0.3) is 0 Å². The number of rotatable bonds is 22. The predicted octanol–water partition coefficient (Wildman–Crippen LogP) is 27.8. The van der Waals surface area contributed by atoms with Gasteiger partial charge in [-0.2, -0.15) is 17.6 Å². The first-order valence-corrected chi connectivity index (χ1v) is 40.2. The van der Waals surface area contributed by atoms with Gasteiger partial charge in [0.25, 0.3) is 5.92 Å². The van der Waals surface area contributed by atoms with E-state index in [1.807, 2.05) is 55.4 Å². The van der Waals surface area contributed by atoms with Crippen LogP contribution in [0.2, 0.25) is 0 Å². The van der Waals surface area contributed by atoms with Crippen molar-refractivity contribution in [3.8, 4) is 0 Å². The van der Waals surface area contributed by atoms with Crippen LogP contribution in [0.3, 0.4) is 0 Å². The number of carbonyl (C=O) groups excluding carboxylic acids is 1. The second kappa shape index (κ2) is 44.8. The molecule has 0 aromatic heterocycles. The van der Waals surface area contributed by atoms with Crippen molar-refractivity contribution in [2.75, 3.05) is 26.4 Å². The fourth-order valence-electron chi connectivity index (χ4n) is 12.8. The predicted molar refractivity (Wildman–Crippen MR) is 393 cm³/mol. The second-order valence-corrected chi connectivity index (χ2v) is 37.5. The first kappa shape index (κ1) is 95.8. The van der Waals surface area contributed by atoms with Crippen molar-refractivity contribution in [1.29, 1.82) is 0 Å². The number of halogens is 12. The monoisotopic (exact) mass is 1440 g/mol. The third-order valence-corrected chi connectivity index (χ3v) is 20.5. The van der Waals surface area contributed by atoms with Crippen molar-refractivity contribution >= 4 is 5.78 Å². The molecule has 0 spiro atoms. The topological polar surface area (TPSA) is 35.5 Å². The van der Waals surface area contributed by atoms with Gasteiger partial charge in [-0.15, -0.1) is 0 Å². The molecule has 2 aliphatic heterocycles. The molecule has 2 saturated heterocycles. The summed E-state index contributed by atoms with van der Waals surface area (Å²) in [7, 11) is 0. The van der Waals surface area contributed by atoms with E-state index < -0.39 is 65.1 Å². The number of Topliss-reactive ketones (excluding diaryl/α,β-unsaturated/α-hetero) is 1. The molecule has 10 aliphatic carbocycles. The van der Waals surface area contributed by atoms with E-state index in [-0.39, 0.29) is 36.0 Å². The van der Waals surface area contributed by atoms with Crippen LogP contribution in [-0.2, 0) is 14.3 Å². The van der Waals surface area contributed by atoms with Crippen LogP contribution in [0.4, 0.5) is 52.7 Å². The van der Waals surface area contributed by atoms with Gasteiger partial charge in [0.05, 0.1) is 32.3 Å². The van der Waals surface area contributed by atoms with Crippen LogP contribution in [0.5, 0.6) is 0 Å². The Balaban J connectivity index is 0.000000541. The van der Waals surface area contributed by atoms with E-state index in [0.29, 0.717) is 55.5 Å². The highest BCUT2D eigenvalue weighted by atomic mass is 19.3. The summed E-state index contributed by atoms with van der Waals surface area (Å²) in [5.41, 5.74) is -2.46. The molecule has 0 radical (unpaired) electrons. The minimum Gasteiger partial charge on any atom is -0.381 e. The summed E-state index contributed by atoms with van der Waals surface area (Å²) >= 11 is 0. The highest BCUT2D eigenvalue weighted by Gasteiger charge is 2.84. The summed E-state index contributed by atoms with van der Waals surface area (Å²) in [6.45, 7) is 51.9. The Hall–Kier alpha value is -1.25. The zero-order valence-electron chi connectivity index (χ0n) is 67.6. The normalized spacial score (nSPS) is 24.8. The van der Waals surface area contributed by atoms with Gasteiger partial charge in [0.2, 0.25) is 0 Å². The van der Waals surface area contributed by atoms with Crippen LogP contribution >= 0.6 is 0 Å². The Bertz CT molecular complexity index is 2020. The summed E-state index contributed by atoms with van der Waals surface area (Å²) in [5, 5.41) is 0. The molecule has 3 nitrogen and oxygen atoms in total. The molecule has 12 aliphatic rings. The van der Waals surface area contributed by atoms with E-state index in [2.05, 4.69) is 83.1 Å². The fourth-order valence-corrected chi connectivity index (χ4v) is 12.8. The molecule has 12 rings (SSSR count). The van der Waals surface area contributed by atoms with E-state index >= 15 is 0 Å². The first-order chi connectivity index (χ1) is 45.4. The molecule has 0 aromatic carbocycles. The molecule has 3 unspecified atom stereocenters. The molecule has 15 heteroatoms. The Labute approximate surface area is 600 Å². The third-order valence-electron chi connectivity index (χ3n) is 20.5. The lowest BCUT2D eigenvalue weighted by Crippen LogP contribution is -2.46. The molecule has 3 atom stereocenters. The number of hydrogen-bond acceptors (Lipinski definition) is 3. The summed E-state index contributed by atoms with van der Waals surface area (Å²) in [5.74, 6) is -0.561. The SMILES string of the molecule is CC(C)C(F)(F)C1CC1.CC(C)C(F)C1CC1.CC(C)C1(F)CC1.CC(C)C1CC1.CC(C)CC1(F)CC1.CC(C)CC1(F)COC1.CC(C)CC1C(F)(F)C1(F)F.CC(C)CC1C(F)C1F.CC(C)CC1CC(=O)C1.CC(C)CC1CC1.CC(C)CC1CCC1.CC(C)CC1COC1. The van der Waals surface area contributed by atoms with Gasteiger partial charge in [-0.05, 0) is 210 Å². The van der Waals surface area contributed by atoms with Crippen molar-refractivity contribution in [2.24, 2.45) is 124 Å². The van der Waals surface area contributed by atoms with Crippen LogP contribution in [0.1, 0.15) is 327 Å². The Morgan fingerprint density at radius 1 is 0.434 bits per heavy atom. The van der Waals surface area contributed by atoms with Crippen molar-refractivity contribution < 1.29 is 67.0 Å². The molecule has 12 fully saturated rings. The summed E-state index contributed by atoms with van der Waals surface area (Å²) < 4.78 is 159. The van der Waals surface area contributed by atoms with E-state index in [4.69, 9.17) is 9.47 Å². The minimum atomic E-state index is -3.74. The Morgan fingerprint density at radius 3 is 0.939 bits per heavy atom. The molecule has 0 aromatic rings. The van der Waals surface area contributed by atoms with Gasteiger partial charge in [0.1, 0.15) is 35.6 Å². The maximum Gasteiger partial charge on any atom is 0.319 e. The lowest BCUT2D eigenvalue weighted by molar-refractivity contribution is -0.138. The molecular weight excluding hydrogens is 1280 g/mol. The standard InChI is InChI=1S/C8H14O.C8H16.C7H10F4.2C7H12F2.C7H13FO.2C7H13F.C7H14O.C7H14.C6H11F.C6H12/c1-6(2)3-7-4-8(9)5-7;1-7(2)6-8-4-3-5-8;1-4(2)3-5-6(8,9)7(5,10)11;1-5(2)7(8,9)6-3-4-6;1-4(2)3-5-6(8)7(5)9;1-6(2)3-7(8)4-9-5-7;1-6(2)5-7(8)3-4-7;1-5(2)7(8)6-3-4-6;1-6(2)3-7-4-8-5-7;1-6(2)5-7-3-4-7;1-5(2)6(7)3-4-6;1-5(2)6-3-4-6/h6-7H,3-5H2,1-2H3;7-8H,3-6H2,1-2H3;4-5H,3H2,1-2H3;5-6H,3-4H2,1-2H3;4-7H,3H2,1-2H3;6H,3-5H2,1-2H3;6H,3-5H2,1-2H3;5-7H,3-4H2,1-2H3;6-7H,3-5H2,1-2H3;6-7H,3-5H2,1-2H3;5H,3-4H2,1-2H3;5-6H,3-4H2,1-2H3. The molecule has 2 heterocycles. The van der Waals surface area contributed by atoms with Crippen LogP contribution < -0.4 is 0 Å². The van der Waals surface area contributed by atoms with E-state index in [0.717, 1.165) is 143 Å². The number of ketones is 1. The quantitative estimate of drug-likeness (QED) is 0.101. The molecule has 10 saturated carbocycles. The van der Waals surface area contributed by atoms with Gasteiger partial charge in [-0.3, -0.25) is 4.79 Å².